The van der Waals surface area contributed by atoms with Crippen LogP contribution in [0.1, 0.15) is 32.8 Å². The van der Waals surface area contributed by atoms with Crippen molar-refractivity contribution in [3.05, 3.63) is 29.8 Å². The Kier molecular flexibility index (Phi) is 5.37. The van der Waals surface area contributed by atoms with Crippen molar-refractivity contribution in [2.75, 3.05) is 11.9 Å². The first-order valence-electron chi connectivity index (χ1n) is 7.78. The second-order valence-electron chi connectivity index (χ2n) is 6.01. The zero-order valence-electron chi connectivity index (χ0n) is 13.1. The van der Waals surface area contributed by atoms with Gasteiger partial charge in [0.25, 0.3) is 0 Å². The second kappa shape index (κ2) is 7.05. The Labute approximate surface area is 127 Å². The van der Waals surface area contributed by atoms with Crippen molar-refractivity contribution >= 4 is 11.6 Å². The lowest BCUT2D eigenvalue weighted by Crippen LogP contribution is -2.32. The molecule has 1 amide bonds. The Morgan fingerprint density at radius 1 is 1.29 bits per heavy atom. The summed E-state index contributed by atoms with van der Waals surface area (Å²) in [6.07, 6.45) is 2.00. The standard InChI is InChI=1S/C17H26N2O2/c1-11-12(2)21-13(3)16(11)17(20)19-15-8-4-6-14(10-15)7-5-9-18/h4,6,8,10-13,16H,5,7,9,18H2,1-3H3,(H,19,20). The van der Waals surface area contributed by atoms with Gasteiger partial charge in [-0.25, -0.2) is 0 Å². The number of carbonyl (C=O) groups excluding carboxylic acids is 1. The molecule has 116 valence electrons. The molecule has 1 aromatic rings. The van der Waals surface area contributed by atoms with Crippen molar-refractivity contribution in [2.24, 2.45) is 17.6 Å². The fourth-order valence-electron chi connectivity index (χ4n) is 3.05. The summed E-state index contributed by atoms with van der Waals surface area (Å²) in [6, 6.07) is 8.00. The van der Waals surface area contributed by atoms with Gasteiger partial charge >= 0.3 is 0 Å². The van der Waals surface area contributed by atoms with Crippen LogP contribution in [-0.4, -0.2) is 24.7 Å². The minimum atomic E-state index is -0.0901. The van der Waals surface area contributed by atoms with Gasteiger partial charge in [-0.15, -0.1) is 0 Å². The molecule has 4 nitrogen and oxygen atoms in total. The normalized spacial score (nSPS) is 28.6. The third kappa shape index (κ3) is 3.83. The number of aryl methyl sites for hydroxylation is 1. The number of hydrogen-bond acceptors (Lipinski definition) is 3. The van der Waals surface area contributed by atoms with E-state index in [9.17, 15) is 4.79 Å². The molecule has 1 aliphatic rings. The average molecular weight is 290 g/mol. The third-order valence-corrected chi connectivity index (χ3v) is 4.41. The summed E-state index contributed by atoms with van der Waals surface area (Å²) in [6.45, 7) is 6.77. The number of amides is 1. The predicted octanol–water partition coefficient (Wildman–Crippen LogP) is 2.58. The van der Waals surface area contributed by atoms with E-state index >= 15 is 0 Å². The molecular weight excluding hydrogens is 264 g/mol. The molecule has 0 aliphatic carbocycles. The van der Waals surface area contributed by atoms with E-state index < -0.39 is 0 Å². The fourth-order valence-corrected chi connectivity index (χ4v) is 3.05. The predicted molar refractivity (Wildman–Crippen MR) is 85.1 cm³/mol. The highest BCUT2D eigenvalue weighted by atomic mass is 16.5. The number of benzene rings is 1. The quantitative estimate of drug-likeness (QED) is 0.876. The number of hydrogen-bond donors (Lipinski definition) is 2. The van der Waals surface area contributed by atoms with Crippen LogP contribution in [0.5, 0.6) is 0 Å². The van der Waals surface area contributed by atoms with Crippen LogP contribution >= 0.6 is 0 Å². The van der Waals surface area contributed by atoms with E-state index in [1.54, 1.807) is 0 Å². The van der Waals surface area contributed by atoms with Crippen molar-refractivity contribution in [2.45, 2.75) is 45.8 Å². The number of nitrogens with one attached hydrogen (secondary N) is 1. The smallest absolute Gasteiger partial charge is 0.230 e. The van der Waals surface area contributed by atoms with Gasteiger partial charge in [0.2, 0.25) is 5.91 Å². The highest BCUT2D eigenvalue weighted by Crippen LogP contribution is 2.33. The molecule has 0 saturated carbocycles. The van der Waals surface area contributed by atoms with E-state index in [-0.39, 0.29) is 30.0 Å². The third-order valence-electron chi connectivity index (χ3n) is 4.41. The molecule has 0 radical (unpaired) electrons. The summed E-state index contributed by atoms with van der Waals surface area (Å²) < 4.78 is 5.75. The maximum absolute atomic E-state index is 12.5. The van der Waals surface area contributed by atoms with Gasteiger partial charge in [-0.3, -0.25) is 4.79 Å². The molecule has 0 spiro atoms. The van der Waals surface area contributed by atoms with Crippen molar-refractivity contribution in [3.8, 4) is 0 Å². The number of carbonyl (C=O) groups is 1. The van der Waals surface area contributed by atoms with Crippen LogP contribution in [0.15, 0.2) is 24.3 Å². The van der Waals surface area contributed by atoms with Crippen molar-refractivity contribution in [1.29, 1.82) is 0 Å². The van der Waals surface area contributed by atoms with Crippen LogP contribution < -0.4 is 11.1 Å². The summed E-state index contributed by atoms with van der Waals surface area (Å²) in [5.41, 5.74) is 7.60. The maximum Gasteiger partial charge on any atom is 0.230 e. The van der Waals surface area contributed by atoms with Crippen LogP contribution in [0.2, 0.25) is 0 Å². The van der Waals surface area contributed by atoms with E-state index in [1.807, 2.05) is 32.0 Å². The maximum atomic E-state index is 12.5. The molecule has 2 rings (SSSR count). The Bertz CT molecular complexity index is 489. The fraction of sp³-hybridized carbons (Fsp3) is 0.588. The molecule has 1 aliphatic heterocycles. The van der Waals surface area contributed by atoms with Gasteiger partial charge in [0.1, 0.15) is 0 Å². The van der Waals surface area contributed by atoms with Gasteiger partial charge in [-0.05, 0) is 56.8 Å². The summed E-state index contributed by atoms with van der Waals surface area (Å²) in [5, 5.41) is 3.03. The highest BCUT2D eigenvalue weighted by molar-refractivity contribution is 5.93. The summed E-state index contributed by atoms with van der Waals surface area (Å²) >= 11 is 0. The van der Waals surface area contributed by atoms with Gasteiger partial charge in [-0.1, -0.05) is 19.1 Å². The molecule has 1 heterocycles. The van der Waals surface area contributed by atoms with E-state index in [4.69, 9.17) is 10.5 Å². The molecule has 21 heavy (non-hydrogen) atoms. The first-order chi connectivity index (χ1) is 10.0. The van der Waals surface area contributed by atoms with Crippen LogP contribution in [0.3, 0.4) is 0 Å². The monoisotopic (exact) mass is 290 g/mol. The molecule has 4 heteroatoms. The molecule has 4 atom stereocenters. The zero-order chi connectivity index (χ0) is 15.4. The highest BCUT2D eigenvalue weighted by Gasteiger charge is 2.41. The Morgan fingerprint density at radius 2 is 2.05 bits per heavy atom. The summed E-state index contributed by atoms with van der Waals surface area (Å²) in [4.78, 5) is 12.5. The summed E-state index contributed by atoms with van der Waals surface area (Å²) in [5.74, 6) is 0.198. The molecule has 0 bridgehead atoms. The largest absolute Gasteiger partial charge is 0.374 e. The van der Waals surface area contributed by atoms with Gasteiger partial charge < -0.3 is 15.8 Å². The SMILES string of the molecule is CC1OC(C)C(C(=O)Nc2cccc(CCCN)c2)C1C. The van der Waals surface area contributed by atoms with Crippen LogP contribution in [0.4, 0.5) is 5.69 Å². The topological polar surface area (TPSA) is 64.3 Å². The Balaban J connectivity index is 2.02. The van der Waals surface area contributed by atoms with E-state index in [2.05, 4.69) is 18.3 Å². The van der Waals surface area contributed by atoms with Crippen molar-refractivity contribution in [3.63, 3.8) is 0 Å². The minimum absolute atomic E-state index is 0.0320. The van der Waals surface area contributed by atoms with E-state index in [0.717, 1.165) is 18.5 Å². The lowest BCUT2D eigenvalue weighted by Gasteiger charge is -2.18. The molecule has 0 aromatic heterocycles. The number of nitrogens with two attached hydrogens (primary N) is 1. The Hall–Kier alpha value is -1.39. The molecule has 3 N–H and O–H groups in total. The minimum Gasteiger partial charge on any atom is -0.374 e. The zero-order valence-corrected chi connectivity index (χ0v) is 13.1. The van der Waals surface area contributed by atoms with Gasteiger partial charge in [-0.2, -0.15) is 0 Å². The first kappa shape index (κ1) is 16.0. The number of rotatable bonds is 5. The van der Waals surface area contributed by atoms with Crippen LogP contribution in [0, 0.1) is 11.8 Å². The van der Waals surface area contributed by atoms with Crippen molar-refractivity contribution in [1.82, 2.24) is 0 Å². The van der Waals surface area contributed by atoms with Gasteiger partial charge in [0.15, 0.2) is 0 Å². The number of ether oxygens (including phenoxy) is 1. The lowest BCUT2D eigenvalue weighted by molar-refractivity contribution is -0.121. The van der Waals surface area contributed by atoms with Crippen LogP contribution in [0.25, 0.3) is 0 Å². The summed E-state index contributed by atoms with van der Waals surface area (Å²) in [7, 11) is 0. The molecule has 4 unspecified atom stereocenters. The van der Waals surface area contributed by atoms with E-state index in [0.29, 0.717) is 6.54 Å². The van der Waals surface area contributed by atoms with Gasteiger partial charge in [0, 0.05) is 5.69 Å². The Morgan fingerprint density at radius 3 is 2.67 bits per heavy atom. The van der Waals surface area contributed by atoms with Gasteiger partial charge in [0.05, 0.1) is 18.1 Å². The van der Waals surface area contributed by atoms with E-state index in [1.165, 1.54) is 5.56 Å². The second-order valence-corrected chi connectivity index (χ2v) is 6.01. The lowest BCUT2D eigenvalue weighted by atomic mass is 9.89. The molecule has 1 aromatic carbocycles. The first-order valence-corrected chi connectivity index (χ1v) is 7.78. The van der Waals surface area contributed by atoms with Crippen molar-refractivity contribution < 1.29 is 9.53 Å². The average Bonchev–Trinajstić information content (AvgIpc) is 2.70. The molecular formula is C17H26N2O2. The molecule has 1 fully saturated rings. The number of anilines is 1. The molecule has 1 saturated heterocycles. The van der Waals surface area contributed by atoms with Crippen LogP contribution in [-0.2, 0) is 16.0 Å².